The minimum Gasteiger partial charge on any atom is -0.479 e. The summed E-state index contributed by atoms with van der Waals surface area (Å²) in [4.78, 5) is 11.6. The molecule has 3 nitrogen and oxygen atoms in total. The fourth-order valence-corrected chi connectivity index (χ4v) is 4.46. The van der Waals surface area contributed by atoms with Gasteiger partial charge in [-0.3, -0.25) is 0 Å². The van der Waals surface area contributed by atoms with Crippen LogP contribution in [0.5, 0.6) is 0 Å². The molecular formula is C17H22O3. The van der Waals surface area contributed by atoms with Gasteiger partial charge in [-0.05, 0) is 55.1 Å². The van der Waals surface area contributed by atoms with E-state index in [0.29, 0.717) is 11.8 Å². The van der Waals surface area contributed by atoms with Crippen LogP contribution in [0.25, 0.3) is 0 Å². The zero-order valence-electron chi connectivity index (χ0n) is 11.9. The number of fused-ring (bicyclic) bond motifs is 3. The fraction of sp³-hybridized carbons (Fsp3) is 0.588. The molecule has 0 aliphatic heterocycles. The van der Waals surface area contributed by atoms with Crippen molar-refractivity contribution in [2.45, 2.75) is 44.6 Å². The second kappa shape index (κ2) is 4.88. The molecule has 0 amide bonds. The summed E-state index contributed by atoms with van der Waals surface area (Å²) in [7, 11) is 0. The molecule has 1 fully saturated rings. The molecule has 0 aromatic heterocycles. The molecular weight excluding hydrogens is 252 g/mol. The van der Waals surface area contributed by atoms with Crippen LogP contribution in [0.2, 0.25) is 0 Å². The quantitative estimate of drug-likeness (QED) is 0.891. The smallest absolute Gasteiger partial charge is 0.335 e. The summed E-state index contributed by atoms with van der Waals surface area (Å²) < 4.78 is 0. The molecule has 2 aliphatic carbocycles. The van der Waals surface area contributed by atoms with E-state index in [1.165, 1.54) is 11.1 Å². The first-order valence-corrected chi connectivity index (χ1v) is 7.58. The van der Waals surface area contributed by atoms with Gasteiger partial charge in [0.2, 0.25) is 0 Å². The molecule has 0 spiro atoms. The van der Waals surface area contributed by atoms with Gasteiger partial charge < -0.3 is 10.2 Å². The van der Waals surface area contributed by atoms with Crippen LogP contribution < -0.4 is 0 Å². The lowest BCUT2D eigenvalue weighted by Gasteiger charge is -2.35. The highest BCUT2D eigenvalue weighted by Crippen LogP contribution is 2.50. The first-order valence-electron chi connectivity index (χ1n) is 7.58. The Morgan fingerprint density at radius 3 is 2.10 bits per heavy atom. The summed E-state index contributed by atoms with van der Waals surface area (Å²) in [5.74, 6) is -0.570. The van der Waals surface area contributed by atoms with E-state index in [1.807, 2.05) is 0 Å². The number of hydrogen-bond acceptors (Lipinski definition) is 2. The summed E-state index contributed by atoms with van der Waals surface area (Å²) in [6.07, 6.45) is 4.19. The highest BCUT2D eigenvalue weighted by Gasteiger charge is 2.53. The monoisotopic (exact) mass is 274 g/mol. The largest absolute Gasteiger partial charge is 0.479 e. The number of carboxylic acids is 1. The van der Waals surface area contributed by atoms with Gasteiger partial charge in [0, 0.05) is 5.92 Å². The van der Waals surface area contributed by atoms with Gasteiger partial charge in [0.1, 0.15) is 0 Å². The Hall–Kier alpha value is -1.35. The third-order valence-electron chi connectivity index (χ3n) is 5.47. The van der Waals surface area contributed by atoms with Gasteiger partial charge in [0.25, 0.3) is 0 Å². The lowest BCUT2D eigenvalue weighted by molar-refractivity contribution is -0.169. The minimum absolute atomic E-state index is 0.114. The predicted octanol–water partition coefficient (Wildman–Crippen LogP) is 2.65. The fourth-order valence-electron chi connectivity index (χ4n) is 4.46. The van der Waals surface area contributed by atoms with E-state index < -0.39 is 11.6 Å². The second-order valence-corrected chi connectivity index (χ2v) is 6.38. The van der Waals surface area contributed by atoms with Crippen molar-refractivity contribution in [1.29, 1.82) is 0 Å². The summed E-state index contributed by atoms with van der Waals surface area (Å²) in [5.41, 5.74) is 1.12. The molecule has 0 heterocycles. The van der Waals surface area contributed by atoms with Gasteiger partial charge in [-0.25, -0.2) is 4.79 Å². The van der Waals surface area contributed by atoms with Crippen molar-refractivity contribution in [2.75, 3.05) is 0 Å². The van der Waals surface area contributed by atoms with E-state index in [2.05, 4.69) is 24.3 Å². The van der Waals surface area contributed by atoms with Crippen molar-refractivity contribution in [2.24, 2.45) is 17.8 Å². The van der Waals surface area contributed by atoms with Crippen molar-refractivity contribution in [3.63, 3.8) is 0 Å². The Balaban J connectivity index is 1.99. The van der Waals surface area contributed by atoms with E-state index in [4.69, 9.17) is 0 Å². The topological polar surface area (TPSA) is 57.5 Å². The van der Waals surface area contributed by atoms with Crippen LogP contribution in [0, 0.1) is 17.8 Å². The van der Waals surface area contributed by atoms with Crippen molar-refractivity contribution in [3.05, 3.63) is 35.4 Å². The van der Waals surface area contributed by atoms with E-state index in [9.17, 15) is 15.0 Å². The van der Waals surface area contributed by atoms with Crippen LogP contribution in [0.1, 0.15) is 37.3 Å². The number of carboxylic acid groups (broad SMARTS) is 1. The first-order chi connectivity index (χ1) is 9.56. The zero-order valence-corrected chi connectivity index (χ0v) is 11.9. The first kappa shape index (κ1) is 13.6. The van der Waals surface area contributed by atoms with Gasteiger partial charge >= 0.3 is 5.97 Å². The Morgan fingerprint density at radius 1 is 1.20 bits per heavy atom. The molecule has 0 radical (unpaired) electrons. The van der Waals surface area contributed by atoms with Gasteiger partial charge in [0.15, 0.2) is 5.60 Å². The van der Waals surface area contributed by atoms with Crippen LogP contribution in [-0.4, -0.2) is 21.8 Å². The molecule has 0 saturated heterocycles. The Bertz CT molecular complexity index is 492. The van der Waals surface area contributed by atoms with E-state index in [1.54, 1.807) is 6.92 Å². The average molecular weight is 274 g/mol. The lowest BCUT2D eigenvalue weighted by atomic mass is 9.73. The summed E-state index contributed by atoms with van der Waals surface area (Å²) >= 11 is 0. The van der Waals surface area contributed by atoms with Gasteiger partial charge in [-0.15, -0.1) is 0 Å². The Morgan fingerprint density at radius 2 is 1.70 bits per heavy atom. The highest BCUT2D eigenvalue weighted by molar-refractivity contribution is 5.77. The SMILES string of the molecule is CCC(O)(C(=O)O)C1C2CCC1Cc1ccccc1C2. The molecule has 2 bridgehead atoms. The van der Waals surface area contributed by atoms with Crippen LogP contribution in [0.15, 0.2) is 24.3 Å². The minimum atomic E-state index is -1.56. The van der Waals surface area contributed by atoms with E-state index in [-0.39, 0.29) is 12.3 Å². The van der Waals surface area contributed by atoms with Crippen molar-refractivity contribution in [1.82, 2.24) is 0 Å². The molecule has 3 atom stereocenters. The number of rotatable bonds is 3. The summed E-state index contributed by atoms with van der Waals surface area (Å²) in [6, 6.07) is 8.41. The van der Waals surface area contributed by atoms with Crippen molar-refractivity contribution >= 4 is 5.97 Å². The van der Waals surface area contributed by atoms with E-state index >= 15 is 0 Å². The maximum atomic E-state index is 11.6. The van der Waals surface area contributed by atoms with Crippen LogP contribution >= 0.6 is 0 Å². The number of aliphatic carboxylic acids is 1. The standard InChI is InChI=1S/C17H22O3/c1-2-17(20,16(18)19)15-13-7-8-14(15)10-12-6-4-3-5-11(12)9-13/h3-6,13-15,20H,2,7-10H2,1H3,(H,18,19). The maximum Gasteiger partial charge on any atom is 0.335 e. The Labute approximate surface area is 119 Å². The predicted molar refractivity (Wildman–Crippen MR) is 76.4 cm³/mol. The second-order valence-electron chi connectivity index (χ2n) is 6.38. The van der Waals surface area contributed by atoms with Crippen LogP contribution in [-0.2, 0) is 17.6 Å². The lowest BCUT2D eigenvalue weighted by Crippen LogP contribution is -2.49. The average Bonchev–Trinajstić information content (AvgIpc) is 2.73. The van der Waals surface area contributed by atoms with Crippen LogP contribution in [0.4, 0.5) is 0 Å². The number of hydrogen-bond donors (Lipinski definition) is 2. The van der Waals surface area contributed by atoms with Gasteiger partial charge in [0.05, 0.1) is 0 Å². The normalized spacial score (nSPS) is 31.2. The zero-order chi connectivity index (χ0) is 14.3. The molecule has 108 valence electrons. The van der Waals surface area contributed by atoms with Gasteiger partial charge in [-0.1, -0.05) is 31.2 Å². The number of benzene rings is 1. The molecule has 20 heavy (non-hydrogen) atoms. The number of aliphatic hydroxyl groups is 1. The third-order valence-corrected chi connectivity index (χ3v) is 5.47. The molecule has 3 unspecified atom stereocenters. The van der Waals surface area contributed by atoms with E-state index in [0.717, 1.165) is 25.7 Å². The van der Waals surface area contributed by atoms with Crippen LogP contribution in [0.3, 0.4) is 0 Å². The molecule has 1 aromatic rings. The molecule has 2 aliphatic rings. The van der Waals surface area contributed by atoms with Crippen molar-refractivity contribution < 1.29 is 15.0 Å². The number of carbonyl (C=O) groups is 1. The summed E-state index contributed by atoms with van der Waals surface area (Å²) in [6.45, 7) is 1.78. The molecule has 2 N–H and O–H groups in total. The molecule has 3 heteroatoms. The van der Waals surface area contributed by atoms with Gasteiger partial charge in [-0.2, -0.15) is 0 Å². The summed E-state index contributed by atoms with van der Waals surface area (Å²) in [5, 5.41) is 20.2. The molecule has 1 aromatic carbocycles. The third kappa shape index (κ3) is 1.96. The molecule has 3 rings (SSSR count). The molecule has 1 saturated carbocycles. The Kier molecular flexibility index (Phi) is 3.33. The highest BCUT2D eigenvalue weighted by atomic mass is 16.4. The van der Waals surface area contributed by atoms with Crippen molar-refractivity contribution in [3.8, 4) is 0 Å². The maximum absolute atomic E-state index is 11.6.